The average Bonchev–Trinajstić information content (AvgIpc) is 3.13. The molecule has 0 saturated heterocycles. The van der Waals surface area contributed by atoms with Crippen LogP contribution in [0.4, 0.5) is 11.0 Å². The van der Waals surface area contributed by atoms with Crippen LogP contribution in [0.1, 0.15) is 33.3 Å². The van der Waals surface area contributed by atoms with Gasteiger partial charge in [0, 0.05) is 11.4 Å². The lowest BCUT2D eigenvalue weighted by molar-refractivity contribution is 0.0526. The standard InChI is InChI=1S/C18H19N3O3S/c1-3-23-17(22)15-11-6-7-21(9-14(11)25-16(15)19)18-20-12-8-10(2)4-5-13(12)24-18/h4-5,8H,3,6-7,9,19H2,1-2H3. The van der Waals surface area contributed by atoms with Crippen molar-refractivity contribution < 1.29 is 13.9 Å². The van der Waals surface area contributed by atoms with Crippen LogP contribution >= 0.6 is 11.3 Å². The van der Waals surface area contributed by atoms with Crippen molar-refractivity contribution in [2.75, 3.05) is 23.8 Å². The first kappa shape index (κ1) is 16.0. The number of rotatable bonds is 3. The van der Waals surface area contributed by atoms with Crippen LogP contribution in [0.15, 0.2) is 22.6 Å². The molecule has 0 fully saturated rings. The molecule has 2 N–H and O–H groups in total. The number of hydrogen-bond acceptors (Lipinski definition) is 7. The molecule has 3 heterocycles. The Balaban J connectivity index is 1.64. The van der Waals surface area contributed by atoms with Gasteiger partial charge in [0.1, 0.15) is 10.5 Å². The molecule has 0 bridgehead atoms. The van der Waals surface area contributed by atoms with E-state index in [-0.39, 0.29) is 5.97 Å². The third kappa shape index (κ3) is 2.74. The van der Waals surface area contributed by atoms with Gasteiger partial charge in [-0.15, -0.1) is 11.3 Å². The molecule has 0 saturated carbocycles. The fourth-order valence-corrected chi connectivity index (χ4v) is 4.30. The number of hydrogen-bond donors (Lipinski definition) is 1. The summed E-state index contributed by atoms with van der Waals surface area (Å²) in [7, 11) is 0. The van der Waals surface area contributed by atoms with Crippen LogP contribution in [0.2, 0.25) is 0 Å². The number of esters is 1. The van der Waals surface area contributed by atoms with Gasteiger partial charge in [-0.25, -0.2) is 4.79 Å². The normalized spacial score (nSPS) is 13.9. The van der Waals surface area contributed by atoms with Gasteiger partial charge in [0.05, 0.1) is 18.7 Å². The molecule has 4 rings (SSSR count). The van der Waals surface area contributed by atoms with Crippen LogP contribution in [0.5, 0.6) is 0 Å². The molecular formula is C18H19N3O3S. The van der Waals surface area contributed by atoms with Crippen molar-refractivity contribution in [2.24, 2.45) is 0 Å². The van der Waals surface area contributed by atoms with E-state index in [2.05, 4.69) is 9.88 Å². The summed E-state index contributed by atoms with van der Waals surface area (Å²) < 4.78 is 11.0. The van der Waals surface area contributed by atoms with E-state index >= 15 is 0 Å². The number of anilines is 2. The Morgan fingerprint density at radius 2 is 2.32 bits per heavy atom. The largest absolute Gasteiger partial charge is 0.462 e. The minimum atomic E-state index is -0.330. The monoisotopic (exact) mass is 357 g/mol. The van der Waals surface area contributed by atoms with Gasteiger partial charge in [-0.3, -0.25) is 0 Å². The topological polar surface area (TPSA) is 81.6 Å². The van der Waals surface area contributed by atoms with E-state index < -0.39 is 0 Å². The summed E-state index contributed by atoms with van der Waals surface area (Å²) in [6.45, 7) is 5.53. The Morgan fingerprint density at radius 3 is 3.12 bits per heavy atom. The van der Waals surface area contributed by atoms with Crippen LogP contribution in [-0.2, 0) is 17.7 Å². The maximum atomic E-state index is 12.2. The molecule has 0 spiro atoms. The summed E-state index contributed by atoms with van der Waals surface area (Å²) in [5.41, 5.74) is 10.4. The number of ether oxygens (including phenoxy) is 1. The molecular weight excluding hydrogens is 338 g/mol. The van der Waals surface area contributed by atoms with E-state index in [1.807, 2.05) is 25.1 Å². The number of thiophene rings is 1. The van der Waals surface area contributed by atoms with Gasteiger partial charge in [-0.2, -0.15) is 4.98 Å². The number of oxazole rings is 1. The number of nitrogens with two attached hydrogens (primary N) is 1. The van der Waals surface area contributed by atoms with E-state index in [9.17, 15) is 4.79 Å². The quantitative estimate of drug-likeness (QED) is 0.722. The summed E-state index contributed by atoms with van der Waals surface area (Å²) in [6, 6.07) is 6.57. The highest BCUT2D eigenvalue weighted by molar-refractivity contribution is 7.16. The molecule has 7 heteroatoms. The SMILES string of the molecule is CCOC(=O)c1c(N)sc2c1CCN(c1nc3cc(C)ccc3o1)C2. The van der Waals surface area contributed by atoms with Crippen LogP contribution in [-0.4, -0.2) is 24.1 Å². The number of fused-ring (bicyclic) bond motifs is 2. The van der Waals surface area contributed by atoms with Crippen molar-refractivity contribution in [3.8, 4) is 0 Å². The highest BCUT2D eigenvalue weighted by atomic mass is 32.1. The number of nitrogen functional groups attached to an aromatic ring is 1. The summed E-state index contributed by atoms with van der Waals surface area (Å²) in [6.07, 6.45) is 0.717. The second kappa shape index (κ2) is 6.07. The van der Waals surface area contributed by atoms with Crippen LogP contribution in [0.3, 0.4) is 0 Å². The van der Waals surface area contributed by atoms with Crippen molar-refractivity contribution in [2.45, 2.75) is 26.8 Å². The second-order valence-electron chi connectivity index (χ2n) is 6.10. The lowest BCUT2D eigenvalue weighted by atomic mass is 10.0. The zero-order valence-electron chi connectivity index (χ0n) is 14.2. The average molecular weight is 357 g/mol. The van der Waals surface area contributed by atoms with Crippen LogP contribution in [0.25, 0.3) is 11.1 Å². The van der Waals surface area contributed by atoms with Gasteiger partial charge < -0.3 is 19.8 Å². The first-order valence-corrected chi connectivity index (χ1v) is 9.07. The fourth-order valence-electron chi connectivity index (χ4n) is 3.18. The molecule has 0 aliphatic carbocycles. The number of aromatic nitrogens is 1. The molecule has 1 aliphatic rings. The molecule has 3 aromatic rings. The van der Waals surface area contributed by atoms with Gasteiger partial charge in [-0.1, -0.05) is 6.07 Å². The Labute approximate surface area is 149 Å². The first-order valence-electron chi connectivity index (χ1n) is 8.26. The predicted octanol–water partition coefficient (Wildman–Crippen LogP) is 3.52. The number of carbonyl (C=O) groups excluding carboxylic acids is 1. The van der Waals surface area contributed by atoms with Gasteiger partial charge in [0.2, 0.25) is 0 Å². The maximum absolute atomic E-state index is 12.2. The second-order valence-corrected chi connectivity index (χ2v) is 7.24. The minimum Gasteiger partial charge on any atom is -0.462 e. The lowest BCUT2D eigenvalue weighted by Crippen LogP contribution is -2.30. The van der Waals surface area contributed by atoms with Gasteiger partial charge in [-0.05, 0) is 43.5 Å². The van der Waals surface area contributed by atoms with Crippen LogP contribution < -0.4 is 10.6 Å². The molecule has 2 aromatic heterocycles. The lowest BCUT2D eigenvalue weighted by Gasteiger charge is -2.25. The molecule has 130 valence electrons. The highest BCUT2D eigenvalue weighted by Crippen LogP contribution is 2.37. The molecule has 0 unspecified atom stereocenters. The highest BCUT2D eigenvalue weighted by Gasteiger charge is 2.29. The van der Waals surface area contributed by atoms with E-state index in [0.29, 0.717) is 29.7 Å². The van der Waals surface area contributed by atoms with Gasteiger partial charge in [0.15, 0.2) is 5.58 Å². The Morgan fingerprint density at radius 1 is 1.48 bits per heavy atom. The molecule has 0 amide bonds. The Hall–Kier alpha value is -2.54. The molecule has 0 atom stereocenters. The Kier molecular flexibility index (Phi) is 3.88. The number of benzene rings is 1. The zero-order chi connectivity index (χ0) is 17.6. The number of aryl methyl sites for hydroxylation is 1. The number of carbonyl (C=O) groups is 1. The minimum absolute atomic E-state index is 0.330. The molecule has 1 aliphatic heterocycles. The molecule has 0 radical (unpaired) electrons. The molecule has 6 nitrogen and oxygen atoms in total. The van der Waals surface area contributed by atoms with Gasteiger partial charge >= 0.3 is 5.97 Å². The summed E-state index contributed by atoms with van der Waals surface area (Å²) in [5.74, 6) is -0.330. The van der Waals surface area contributed by atoms with Crippen molar-refractivity contribution in [1.82, 2.24) is 4.98 Å². The van der Waals surface area contributed by atoms with Crippen molar-refractivity contribution in [3.63, 3.8) is 0 Å². The fraction of sp³-hybridized carbons (Fsp3) is 0.333. The molecule has 25 heavy (non-hydrogen) atoms. The van der Waals surface area contributed by atoms with E-state index in [1.54, 1.807) is 6.92 Å². The summed E-state index contributed by atoms with van der Waals surface area (Å²) >= 11 is 1.44. The van der Waals surface area contributed by atoms with Crippen LogP contribution in [0, 0.1) is 6.92 Å². The van der Waals surface area contributed by atoms with Crippen molar-refractivity contribution in [1.29, 1.82) is 0 Å². The van der Waals surface area contributed by atoms with E-state index in [4.69, 9.17) is 14.9 Å². The third-order valence-electron chi connectivity index (χ3n) is 4.37. The summed E-state index contributed by atoms with van der Waals surface area (Å²) in [4.78, 5) is 19.9. The molecule has 1 aromatic carbocycles. The predicted molar refractivity (Wildman–Crippen MR) is 98.2 cm³/mol. The number of nitrogens with zero attached hydrogens (tertiary/aromatic N) is 2. The van der Waals surface area contributed by atoms with Gasteiger partial charge in [0.25, 0.3) is 6.01 Å². The third-order valence-corrected chi connectivity index (χ3v) is 5.41. The smallest absolute Gasteiger partial charge is 0.341 e. The zero-order valence-corrected chi connectivity index (χ0v) is 15.0. The Bertz CT molecular complexity index is 960. The van der Waals surface area contributed by atoms with Crippen molar-refractivity contribution in [3.05, 3.63) is 39.8 Å². The van der Waals surface area contributed by atoms with Crippen molar-refractivity contribution >= 4 is 39.4 Å². The van der Waals surface area contributed by atoms with E-state index in [1.165, 1.54) is 11.3 Å². The maximum Gasteiger partial charge on any atom is 0.341 e. The summed E-state index contributed by atoms with van der Waals surface area (Å²) in [5, 5.41) is 0.526. The first-order chi connectivity index (χ1) is 12.1. The van der Waals surface area contributed by atoms with E-state index in [0.717, 1.165) is 40.1 Å².